The van der Waals surface area contributed by atoms with E-state index in [9.17, 15) is 27.2 Å². The maximum absolute atomic E-state index is 13.5. The van der Waals surface area contributed by atoms with Gasteiger partial charge in [-0.15, -0.1) is 0 Å². The first-order chi connectivity index (χ1) is 14.1. The van der Waals surface area contributed by atoms with Crippen LogP contribution in [0, 0.1) is 5.82 Å². The van der Waals surface area contributed by atoms with Crippen molar-refractivity contribution in [2.24, 2.45) is 0 Å². The predicted octanol–water partition coefficient (Wildman–Crippen LogP) is 3.54. The highest BCUT2D eigenvalue weighted by molar-refractivity contribution is 5.96. The molecule has 0 spiro atoms. The zero-order valence-electron chi connectivity index (χ0n) is 16.0. The van der Waals surface area contributed by atoms with E-state index in [1.807, 2.05) is 0 Å². The van der Waals surface area contributed by atoms with E-state index in [0.29, 0.717) is 44.3 Å². The summed E-state index contributed by atoms with van der Waals surface area (Å²) in [7, 11) is 0. The van der Waals surface area contributed by atoms with E-state index >= 15 is 0 Å². The molecule has 160 valence electrons. The number of carboxylic acid groups (broad SMARTS) is 1. The maximum Gasteiger partial charge on any atom is 0.417 e. The Morgan fingerprint density at radius 1 is 0.967 bits per heavy atom. The summed E-state index contributed by atoms with van der Waals surface area (Å²) < 4.78 is 53.0. The number of hydrogen-bond acceptors (Lipinski definition) is 3. The normalized spacial score (nSPS) is 15.3. The maximum atomic E-state index is 13.5. The zero-order chi connectivity index (χ0) is 21.9. The average Bonchev–Trinajstić information content (AvgIpc) is 2.71. The first-order valence-corrected chi connectivity index (χ1v) is 9.36. The summed E-state index contributed by atoms with van der Waals surface area (Å²) in [5, 5.41) is 8.91. The van der Waals surface area contributed by atoms with E-state index in [1.165, 1.54) is 17.0 Å². The first kappa shape index (κ1) is 21.8. The molecular formula is C21H20F4N2O3. The first-order valence-electron chi connectivity index (χ1n) is 9.36. The fraction of sp³-hybridized carbons (Fsp3) is 0.333. The molecule has 0 aromatic heterocycles. The Bertz CT molecular complexity index is 921. The fourth-order valence-electron chi connectivity index (χ4n) is 3.39. The van der Waals surface area contributed by atoms with Gasteiger partial charge in [0.25, 0.3) is 5.91 Å². The Balaban J connectivity index is 1.57. The van der Waals surface area contributed by atoms with Gasteiger partial charge in [0.2, 0.25) is 0 Å². The van der Waals surface area contributed by atoms with E-state index in [1.54, 1.807) is 12.1 Å². The lowest BCUT2D eigenvalue weighted by Gasteiger charge is -2.35. The summed E-state index contributed by atoms with van der Waals surface area (Å²) in [6.07, 6.45) is -4.06. The van der Waals surface area contributed by atoms with Crippen LogP contribution < -0.4 is 0 Å². The van der Waals surface area contributed by atoms with Gasteiger partial charge in [0.05, 0.1) is 16.7 Å². The van der Waals surface area contributed by atoms with Gasteiger partial charge in [-0.25, -0.2) is 9.18 Å². The Morgan fingerprint density at radius 2 is 1.60 bits per heavy atom. The Hall–Kier alpha value is -2.94. The molecule has 2 aromatic carbocycles. The van der Waals surface area contributed by atoms with Crippen LogP contribution in [0.25, 0.3) is 0 Å². The fourth-order valence-corrected chi connectivity index (χ4v) is 3.39. The number of hydrogen-bond donors (Lipinski definition) is 1. The van der Waals surface area contributed by atoms with Gasteiger partial charge in [-0.3, -0.25) is 9.69 Å². The molecule has 1 heterocycles. The number of benzene rings is 2. The highest BCUT2D eigenvalue weighted by Gasteiger charge is 2.37. The number of carboxylic acids is 1. The molecule has 0 atom stereocenters. The third-order valence-electron chi connectivity index (χ3n) is 5.09. The second-order valence-electron chi connectivity index (χ2n) is 7.07. The molecule has 1 N–H and O–H groups in total. The van der Waals surface area contributed by atoms with Crippen LogP contribution in [0.3, 0.4) is 0 Å². The molecule has 0 saturated carbocycles. The largest absolute Gasteiger partial charge is 0.478 e. The Kier molecular flexibility index (Phi) is 6.40. The number of piperazine rings is 1. The third-order valence-corrected chi connectivity index (χ3v) is 5.09. The van der Waals surface area contributed by atoms with E-state index < -0.39 is 35.0 Å². The van der Waals surface area contributed by atoms with Crippen molar-refractivity contribution in [2.75, 3.05) is 32.7 Å². The second kappa shape index (κ2) is 8.83. The van der Waals surface area contributed by atoms with Gasteiger partial charge in [0.15, 0.2) is 0 Å². The Labute approximate surface area is 170 Å². The third kappa shape index (κ3) is 5.15. The predicted molar refractivity (Wildman–Crippen MR) is 101 cm³/mol. The molecule has 1 aliphatic rings. The molecule has 0 unspecified atom stereocenters. The zero-order valence-corrected chi connectivity index (χ0v) is 16.0. The molecular weight excluding hydrogens is 404 g/mol. The summed E-state index contributed by atoms with van der Waals surface area (Å²) in [4.78, 5) is 26.8. The molecule has 0 bridgehead atoms. The van der Waals surface area contributed by atoms with E-state index in [-0.39, 0.29) is 18.7 Å². The molecule has 30 heavy (non-hydrogen) atoms. The van der Waals surface area contributed by atoms with Crippen LogP contribution in [-0.4, -0.2) is 59.5 Å². The number of nitrogens with zero attached hydrogens (tertiary/aromatic N) is 2. The van der Waals surface area contributed by atoms with Gasteiger partial charge in [-0.1, -0.05) is 12.1 Å². The van der Waals surface area contributed by atoms with Gasteiger partial charge < -0.3 is 10.0 Å². The van der Waals surface area contributed by atoms with Crippen molar-refractivity contribution in [1.29, 1.82) is 0 Å². The quantitative estimate of drug-likeness (QED) is 0.746. The monoisotopic (exact) mass is 424 g/mol. The average molecular weight is 424 g/mol. The highest BCUT2D eigenvalue weighted by atomic mass is 19.4. The summed E-state index contributed by atoms with van der Waals surface area (Å²) >= 11 is 0. The summed E-state index contributed by atoms with van der Waals surface area (Å²) in [5.41, 5.74) is -0.634. The Morgan fingerprint density at radius 3 is 2.17 bits per heavy atom. The summed E-state index contributed by atoms with van der Waals surface area (Å²) in [5.74, 6) is -2.71. The topological polar surface area (TPSA) is 60.9 Å². The molecule has 2 aromatic rings. The van der Waals surface area contributed by atoms with Crippen molar-refractivity contribution in [1.82, 2.24) is 9.80 Å². The summed E-state index contributed by atoms with van der Waals surface area (Å²) in [6, 6.07) is 8.47. The lowest BCUT2D eigenvalue weighted by atomic mass is 10.0. The van der Waals surface area contributed by atoms with Crippen LogP contribution in [0.15, 0.2) is 42.5 Å². The molecule has 1 saturated heterocycles. The van der Waals surface area contributed by atoms with Crippen molar-refractivity contribution < 1.29 is 32.3 Å². The SMILES string of the molecule is O=C(O)c1ccc(CCN2CCN(C(=O)c3cc(F)ccc3C(F)(F)F)CC2)cc1. The number of carbonyl (C=O) groups is 2. The molecule has 5 nitrogen and oxygen atoms in total. The second-order valence-corrected chi connectivity index (χ2v) is 7.07. The lowest BCUT2D eigenvalue weighted by Crippen LogP contribution is -2.49. The molecule has 1 amide bonds. The number of amides is 1. The van der Waals surface area contributed by atoms with Crippen molar-refractivity contribution in [2.45, 2.75) is 12.6 Å². The van der Waals surface area contributed by atoms with Crippen molar-refractivity contribution >= 4 is 11.9 Å². The number of rotatable bonds is 5. The van der Waals surface area contributed by atoms with Crippen LogP contribution >= 0.6 is 0 Å². The van der Waals surface area contributed by atoms with Gasteiger partial charge in [-0.2, -0.15) is 13.2 Å². The standard InChI is InChI=1S/C21H20F4N2O3/c22-16-5-6-18(21(23,24)25)17(13-16)19(28)27-11-9-26(10-12-27)8-7-14-1-3-15(4-2-14)20(29)30/h1-6,13H,7-12H2,(H,29,30). The van der Waals surface area contributed by atoms with Crippen LogP contribution in [0.1, 0.15) is 31.8 Å². The van der Waals surface area contributed by atoms with Crippen LogP contribution in [-0.2, 0) is 12.6 Å². The molecule has 0 aliphatic carbocycles. The lowest BCUT2D eigenvalue weighted by molar-refractivity contribution is -0.138. The molecule has 0 radical (unpaired) electrons. The molecule has 1 aliphatic heterocycles. The van der Waals surface area contributed by atoms with Gasteiger partial charge in [0, 0.05) is 32.7 Å². The van der Waals surface area contributed by atoms with E-state index in [4.69, 9.17) is 5.11 Å². The van der Waals surface area contributed by atoms with Crippen LogP contribution in [0.4, 0.5) is 17.6 Å². The number of halogens is 4. The van der Waals surface area contributed by atoms with Crippen molar-refractivity contribution in [3.63, 3.8) is 0 Å². The van der Waals surface area contributed by atoms with Gasteiger partial charge >= 0.3 is 12.1 Å². The van der Waals surface area contributed by atoms with Crippen LogP contribution in [0.5, 0.6) is 0 Å². The number of aromatic carboxylic acids is 1. The minimum Gasteiger partial charge on any atom is -0.478 e. The van der Waals surface area contributed by atoms with Gasteiger partial charge in [-0.05, 0) is 42.3 Å². The molecule has 3 rings (SSSR count). The highest BCUT2D eigenvalue weighted by Crippen LogP contribution is 2.33. The van der Waals surface area contributed by atoms with Crippen molar-refractivity contribution in [3.8, 4) is 0 Å². The summed E-state index contributed by atoms with van der Waals surface area (Å²) in [6.45, 7) is 2.11. The van der Waals surface area contributed by atoms with E-state index in [0.717, 1.165) is 5.56 Å². The molecule has 1 fully saturated rings. The smallest absolute Gasteiger partial charge is 0.417 e. The van der Waals surface area contributed by atoms with Gasteiger partial charge in [0.1, 0.15) is 5.82 Å². The van der Waals surface area contributed by atoms with Crippen LogP contribution in [0.2, 0.25) is 0 Å². The minimum atomic E-state index is -4.74. The number of carbonyl (C=O) groups excluding carboxylic acids is 1. The van der Waals surface area contributed by atoms with Crippen molar-refractivity contribution in [3.05, 3.63) is 70.5 Å². The molecule has 9 heteroatoms. The van der Waals surface area contributed by atoms with E-state index in [2.05, 4.69) is 4.90 Å². The number of alkyl halides is 3. The minimum absolute atomic E-state index is 0.210.